The maximum absolute atomic E-state index is 2.25. The number of aromatic nitrogens is 2. The van der Waals surface area contributed by atoms with Gasteiger partial charge in [-0.3, -0.25) is 0 Å². The molecule has 4 aromatic rings. The van der Waals surface area contributed by atoms with Crippen LogP contribution in [0.5, 0.6) is 0 Å². The molecule has 0 spiro atoms. The molecule has 0 fully saturated rings. The maximum Gasteiger partial charge on any atom is 0.206 e. The highest BCUT2D eigenvalue weighted by Crippen LogP contribution is 2.17. The molecule has 126 valence electrons. The van der Waals surface area contributed by atoms with Crippen LogP contribution < -0.4 is 9.13 Å². The second kappa shape index (κ2) is 7.75. The first-order chi connectivity index (χ1) is 12.9. The van der Waals surface area contributed by atoms with E-state index in [1.807, 2.05) is 0 Å². The summed E-state index contributed by atoms with van der Waals surface area (Å²) >= 11 is 0. The Morgan fingerprint density at radius 3 is 1.23 bits per heavy atom. The second-order valence-corrected chi connectivity index (χ2v) is 6.39. The molecule has 0 amide bonds. The lowest BCUT2D eigenvalue weighted by Crippen LogP contribution is -2.44. The van der Waals surface area contributed by atoms with E-state index in [9.17, 15) is 0 Å². The summed E-state index contributed by atoms with van der Waals surface area (Å²) in [5.74, 6) is 0. The number of hydrogen-bond acceptors (Lipinski definition) is 0. The van der Waals surface area contributed by atoms with Crippen molar-refractivity contribution in [3.63, 3.8) is 0 Å². The van der Waals surface area contributed by atoms with Crippen molar-refractivity contribution >= 4 is 0 Å². The van der Waals surface area contributed by atoms with Crippen LogP contribution >= 0.6 is 0 Å². The van der Waals surface area contributed by atoms with E-state index < -0.39 is 0 Å². The SMILES string of the molecule is c1ccc(-c2ccc[n+](CC[n+]3cccc(-c4ccccc4)c3)c2)cc1. The lowest BCUT2D eigenvalue weighted by atomic mass is 10.1. The fourth-order valence-corrected chi connectivity index (χ4v) is 3.16. The highest BCUT2D eigenvalue weighted by molar-refractivity contribution is 5.61. The molecular weight excluding hydrogens is 316 g/mol. The van der Waals surface area contributed by atoms with E-state index in [4.69, 9.17) is 0 Å². The Bertz CT molecular complexity index is 896. The van der Waals surface area contributed by atoms with Gasteiger partial charge in [0.25, 0.3) is 0 Å². The van der Waals surface area contributed by atoms with Crippen molar-refractivity contribution < 1.29 is 9.13 Å². The zero-order valence-electron chi connectivity index (χ0n) is 14.7. The Morgan fingerprint density at radius 2 is 0.808 bits per heavy atom. The van der Waals surface area contributed by atoms with E-state index in [0.717, 1.165) is 13.1 Å². The van der Waals surface area contributed by atoms with Crippen molar-refractivity contribution in [2.45, 2.75) is 13.1 Å². The second-order valence-electron chi connectivity index (χ2n) is 6.39. The summed E-state index contributed by atoms with van der Waals surface area (Å²) in [4.78, 5) is 0. The molecular formula is C24H22N2+2. The first-order valence-electron chi connectivity index (χ1n) is 8.97. The highest BCUT2D eigenvalue weighted by Gasteiger charge is 2.09. The number of nitrogens with zero attached hydrogens (tertiary/aromatic N) is 2. The summed E-state index contributed by atoms with van der Waals surface area (Å²) in [6.07, 6.45) is 8.70. The van der Waals surface area contributed by atoms with Gasteiger partial charge >= 0.3 is 0 Å². The highest BCUT2D eigenvalue weighted by atomic mass is 15.0. The van der Waals surface area contributed by atoms with E-state index in [-0.39, 0.29) is 0 Å². The Hall–Kier alpha value is -3.26. The van der Waals surface area contributed by atoms with Crippen LogP contribution in [0, 0.1) is 0 Å². The summed E-state index contributed by atoms with van der Waals surface area (Å²) in [7, 11) is 0. The minimum absolute atomic E-state index is 0.934. The molecule has 26 heavy (non-hydrogen) atoms. The summed E-state index contributed by atoms with van der Waals surface area (Å²) in [6.45, 7) is 1.87. The normalized spacial score (nSPS) is 10.6. The molecule has 2 aromatic carbocycles. The summed E-state index contributed by atoms with van der Waals surface area (Å²) in [6, 6.07) is 29.6. The molecule has 4 rings (SSSR count). The van der Waals surface area contributed by atoms with Crippen LogP contribution in [-0.2, 0) is 13.1 Å². The largest absolute Gasteiger partial charge is 0.206 e. The Morgan fingerprint density at radius 1 is 0.423 bits per heavy atom. The fraction of sp³-hybridized carbons (Fsp3) is 0.0833. The Labute approximate surface area is 154 Å². The predicted molar refractivity (Wildman–Crippen MR) is 104 cm³/mol. The Kier molecular flexibility index (Phi) is 4.83. The average molecular weight is 338 g/mol. The predicted octanol–water partition coefficient (Wildman–Crippen LogP) is 4.30. The summed E-state index contributed by atoms with van der Waals surface area (Å²) in [5, 5.41) is 0. The smallest absolute Gasteiger partial charge is 0.198 e. The molecule has 0 bridgehead atoms. The van der Waals surface area contributed by atoms with Gasteiger partial charge in [0.05, 0.1) is 0 Å². The first kappa shape index (κ1) is 16.2. The van der Waals surface area contributed by atoms with E-state index in [1.165, 1.54) is 22.3 Å². The minimum Gasteiger partial charge on any atom is -0.198 e. The molecule has 0 radical (unpaired) electrons. The van der Waals surface area contributed by atoms with Crippen molar-refractivity contribution in [2.75, 3.05) is 0 Å². The third-order valence-electron chi connectivity index (χ3n) is 4.55. The van der Waals surface area contributed by atoms with Crippen LogP contribution in [-0.4, -0.2) is 0 Å². The lowest BCUT2D eigenvalue weighted by Gasteiger charge is -2.02. The van der Waals surface area contributed by atoms with Crippen molar-refractivity contribution in [1.29, 1.82) is 0 Å². The van der Waals surface area contributed by atoms with Crippen LogP contribution in [0.3, 0.4) is 0 Å². The van der Waals surface area contributed by atoms with Crippen LogP contribution in [0.2, 0.25) is 0 Å². The van der Waals surface area contributed by atoms with Crippen LogP contribution in [0.4, 0.5) is 0 Å². The quantitative estimate of drug-likeness (QED) is 0.480. The zero-order valence-corrected chi connectivity index (χ0v) is 14.7. The van der Waals surface area contributed by atoms with Gasteiger partial charge in [0, 0.05) is 23.3 Å². The van der Waals surface area contributed by atoms with Crippen molar-refractivity contribution in [1.82, 2.24) is 0 Å². The monoisotopic (exact) mass is 338 g/mol. The van der Waals surface area contributed by atoms with E-state index in [1.54, 1.807) is 0 Å². The zero-order chi connectivity index (χ0) is 17.6. The van der Waals surface area contributed by atoms with Crippen molar-refractivity contribution in [3.8, 4) is 22.3 Å². The van der Waals surface area contributed by atoms with Gasteiger partial charge in [0.1, 0.15) is 0 Å². The van der Waals surface area contributed by atoms with E-state index in [2.05, 4.69) is 119 Å². The molecule has 0 saturated carbocycles. The molecule has 2 nitrogen and oxygen atoms in total. The third kappa shape index (κ3) is 3.86. The number of hydrogen-bond donors (Lipinski definition) is 0. The molecule has 2 heterocycles. The third-order valence-corrected chi connectivity index (χ3v) is 4.55. The Balaban J connectivity index is 1.50. The van der Waals surface area contributed by atoms with E-state index >= 15 is 0 Å². The van der Waals surface area contributed by atoms with Gasteiger partial charge in [-0.1, -0.05) is 60.7 Å². The molecule has 0 aliphatic carbocycles. The van der Waals surface area contributed by atoms with Gasteiger partial charge in [-0.15, -0.1) is 0 Å². The standard InChI is InChI=1S/C24H22N2/c1-3-9-21(10-4-1)23-13-7-15-25(19-23)17-18-26-16-8-14-24(20-26)22-11-5-2-6-12-22/h1-16,19-20H,17-18H2/q+2. The average Bonchev–Trinajstić information content (AvgIpc) is 2.74. The maximum atomic E-state index is 2.25. The van der Waals surface area contributed by atoms with Gasteiger partial charge in [-0.2, -0.15) is 9.13 Å². The van der Waals surface area contributed by atoms with Crippen LogP contribution in [0.25, 0.3) is 22.3 Å². The van der Waals surface area contributed by atoms with Gasteiger partial charge in [0.15, 0.2) is 24.8 Å². The summed E-state index contributed by atoms with van der Waals surface area (Å²) in [5.41, 5.74) is 4.99. The molecule has 0 saturated heterocycles. The molecule has 0 unspecified atom stereocenters. The van der Waals surface area contributed by atoms with Crippen LogP contribution in [0.15, 0.2) is 110 Å². The molecule has 0 atom stereocenters. The number of pyridine rings is 2. The van der Waals surface area contributed by atoms with E-state index in [0.29, 0.717) is 0 Å². The summed E-state index contributed by atoms with van der Waals surface area (Å²) < 4.78 is 4.51. The minimum atomic E-state index is 0.934. The first-order valence-corrected chi connectivity index (χ1v) is 8.97. The fourth-order valence-electron chi connectivity index (χ4n) is 3.16. The van der Waals surface area contributed by atoms with Gasteiger partial charge in [-0.25, -0.2) is 0 Å². The molecule has 2 aromatic heterocycles. The topological polar surface area (TPSA) is 7.76 Å². The number of aryl methyl sites for hydroxylation is 2. The lowest BCUT2D eigenvalue weighted by molar-refractivity contribution is -0.778. The van der Waals surface area contributed by atoms with Crippen molar-refractivity contribution in [2.24, 2.45) is 0 Å². The molecule has 0 aliphatic rings. The molecule has 0 N–H and O–H groups in total. The van der Waals surface area contributed by atoms with Crippen molar-refractivity contribution in [3.05, 3.63) is 110 Å². The molecule has 0 aliphatic heterocycles. The number of benzene rings is 2. The molecule has 2 heteroatoms. The van der Waals surface area contributed by atoms with Gasteiger partial charge in [0.2, 0.25) is 13.1 Å². The van der Waals surface area contributed by atoms with Crippen LogP contribution in [0.1, 0.15) is 0 Å². The number of rotatable bonds is 5. The van der Waals surface area contributed by atoms with Gasteiger partial charge in [-0.05, 0) is 23.3 Å². The van der Waals surface area contributed by atoms with Gasteiger partial charge < -0.3 is 0 Å².